The number of aromatic nitrogens is 2. The van der Waals surface area contributed by atoms with Gasteiger partial charge in [0.25, 0.3) is 11.5 Å². The minimum atomic E-state index is -0.197. The molecule has 1 amide bonds. The topological polar surface area (TPSA) is 66.7 Å². The van der Waals surface area contributed by atoms with Crippen LogP contribution < -0.4 is 10.9 Å². The second-order valence-corrected chi connectivity index (χ2v) is 9.88. The Morgan fingerprint density at radius 1 is 1.25 bits per heavy atom. The molecule has 1 saturated heterocycles. The third-order valence-corrected chi connectivity index (χ3v) is 7.14. The third kappa shape index (κ3) is 5.23. The summed E-state index contributed by atoms with van der Waals surface area (Å²) >= 11 is 6.80. The standard InChI is InChI=1S/C24H32N4O2S2/c1-5-8-11-17(7-3)15-28-23(30)19(32-24(28)31)14-18-20(25-12-6-2)26-21-16(4)10-9-13-27(21)22(18)29/h9-10,13-14,17,25H,5-8,11-12,15H2,1-4H3/b19-14+. The van der Waals surface area contributed by atoms with Crippen molar-refractivity contribution in [3.8, 4) is 0 Å². The van der Waals surface area contributed by atoms with Crippen LogP contribution in [0.25, 0.3) is 11.7 Å². The summed E-state index contributed by atoms with van der Waals surface area (Å²) in [7, 11) is 0. The average Bonchev–Trinajstić information content (AvgIpc) is 3.04. The molecule has 2 aromatic heterocycles. The summed E-state index contributed by atoms with van der Waals surface area (Å²) < 4.78 is 2.10. The van der Waals surface area contributed by atoms with Crippen LogP contribution in [-0.4, -0.2) is 37.6 Å². The van der Waals surface area contributed by atoms with Crippen LogP contribution in [-0.2, 0) is 4.79 Å². The number of hydrogen-bond acceptors (Lipinski definition) is 6. The number of thioether (sulfide) groups is 1. The summed E-state index contributed by atoms with van der Waals surface area (Å²) in [4.78, 5) is 33.4. The van der Waals surface area contributed by atoms with E-state index < -0.39 is 0 Å². The molecule has 1 atom stereocenters. The summed E-state index contributed by atoms with van der Waals surface area (Å²) in [6, 6.07) is 3.76. The molecular formula is C24H32N4O2S2. The number of carbonyl (C=O) groups is 1. The van der Waals surface area contributed by atoms with E-state index >= 15 is 0 Å². The molecule has 6 nitrogen and oxygen atoms in total. The lowest BCUT2D eigenvalue weighted by Gasteiger charge is -2.21. The smallest absolute Gasteiger partial charge is 0.267 e. The number of thiocarbonyl (C=S) groups is 1. The van der Waals surface area contributed by atoms with Crippen molar-refractivity contribution in [3.05, 3.63) is 44.7 Å². The van der Waals surface area contributed by atoms with Crippen LogP contribution in [0.4, 0.5) is 5.82 Å². The van der Waals surface area contributed by atoms with Crippen molar-refractivity contribution >= 4 is 51.7 Å². The Labute approximate surface area is 199 Å². The van der Waals surface area contributed by atoms with Crippen LogP contribution in [0.5, 0.6) is 0 Å². The van der Waals surface area contributed by atoms with Crippen molar-refractivity contribution in [1.29, 1.82) is 0 Å². The van der Waals surface area contributed by atoms with Gasteiger partial charge in [0, 0.05) is 19.3 Å². The van der Waals surface area contributed by atoms with Crippen LogP contribution in [0, 0.1) is 12.8 Å². The predicted molar refractivity (Wildman–Crippen MR) is 138 cm³/mol. The Kier molecular flexibility index (Phi) is 8.48. The van der Waals surface area contributed by atoms with Gasteiger partial charge < -0.3 is 5.32 Å². The number of rotatable bonds is 10. The molecule has 0 radical (unpaired) electrons. The number of pyridine rings is 1. The van der Waals surface area contributed by atoms with Crippen molar-refractivity contribution in [3.63, 3.8) is 0 Å². The molecule has 0 aliphatic carbocycles. The van der Waals surface area contributed by atoms with Gasteiger partial charge in [0.15, 0.2) is 0 Å². The van der Waals surface area contributed by atoms with Crippen molar-refractivity contribution in [2.75, 3.05) is 18.4 Å². The molecule has 0 bridgehead atoms. The molecule has 0 aromatic carbocycles. The SMILES string of the molecule is CCCCC(CC)CN1C(=O)/C(=C\c2c(NCCC)nc3c(C)cccn3c2=O)SC1=S. The van der Waals surface area contributed by atoms with E-state index in [-0.39, 0.29) is 11.5 Å². The van der Waals surface area contributed by atoms with Crippen molar-refractivity contribution in [2.24, 2.45) is 5.92 Å². The molecule has 32 heavy (non-hydrogen) atoms. The molecule has 1 fully saturated rings. The van der Waals surface area contributed by atoms with Gasteiger partial charge in [-0.2, -0.15) is 0 Å². The van der Waals surface area contributed by atoms with Crippen LogP contribution >= 0.6 is 24.0 Å². The quantitative estimate of drug-likeness (QED) is 0.377. The number of fused-ring (bicyclic) bond motifs is 1. The number of hydrogen-bond donors (Lipinski definition) is 1. The maximum absolute atomic E-state index is 13.3. The summed E-state index contributed by atoms with van der Waals surface area (Å²) in [5.74, 6) is 0.811. The van der Waals surface area contributed by atoms with Gasteiger partial charge in [0.2, 0.25) is 0 Å². The summed E-state index contributed by atoms with van der Waals surface area (Å²) in [6.07, 6.45) is 8.65. The number of nitrogens with zero attached hydrogens (tertiary/aromatic N) is 3. The Morgan fingerprint density at radius 2 is 2.03 bits per heavy atom. The Hall–Kier alpha value is -2.19. The fourth-order valence-electron chi connectivity index (χ4n) is 3.78. The molecule has 3 rings (SSSR count). The fraction of sp³-hybridized carbons (Fsp3) is 0.500. The summed E-state index contributed by atoms with van der Waals surface area (Å²) in [5, 5.41) is 3.26. The van der Waals surface area contributed by atoms with Gasteiger partial charge >= 0.3 is 0 Å². The Morgan fingerprint density at radius 3 is 2.72 bits per heavy atom. The molecule has 0 spiro atoms. The highest BCUT2D eigenvalue weighted by Gasteiger charge is 2.33. The first kappa shape index (κ1) is 24.5. The highest BCUT2D eigenvalue weighted by atomic mass is 32.2. The van der Waals surface area contributed by atoms with Gasteiger partial charge in [0.1, 0.15) is 15.8 Å². The first-order chi connectivity index (χ1) is 15.4. The maximum atomic E-state index is 13.3. The van der Waals surface area contributed by atoms with E-state index in [0.29, 0.717) is 45.3 Å². The lowest BCUT2D eigenvalue weighted by Crippen LogP contribution is -2.33. The highest BCUT2D eigenvalue weighted by Crippen LogP contribution is 2.34. The van der Waals surface area contributed by atoms with Gasteiger partial charge in [-0.15, -0.1) is 0 Å². The second-order valence-electron chi connectivity index (χ2n) is 8.20. The molecule has 0 saturated carbocycles. The van der Waals surface area contributed by atoms with E-state index in [0.717, 1.165) is 37.7 Å². The van der Waals surface area contributed by atoms with E-state index in [1.165, 1.54) is 16.2 Å². The Balaban J connectivity index is 1.99. The number of unbranched alkanes of at least 4 members (excludes halogenated alkanes) is 1. The Bertz CT molecular complexity index is 1090. The number of aryl methyl sites for hydroxylation is 1. The largest absolute Gasteiger partial charge is 0.369 e. The van der Waals surface area contributed by atoms with Crippen molar-refractivity contribution in [2.45, 2.75) is 59.8 Å². The molecule has 3 heterocycles. The first-order valence-electron chi connectivity index (χ1n) is 11.4. The van der Waals surface area contributed by atoms with Crippen LogP contribution in [0.3, 0.4) is 0 Å². The molecule has 1 aliphatic rings. The monoisotopic (exact) mass is 472 g/mol. The normalized spacial score (nSPS) is 16.4. The van der Waals surface area contributed by atoms with E-state index in [1.807, 2.05) is 19.1 Å². The van der Waals surface area contributed by atoms with Gasteiger partial charge in [-0.1, -0.05) is 70.1 Å². The molecule has 1 N–H and O–H groups in total. The molecule has 2 aromatic rings. The van der Waals surface area contributed by atoms with Gasteiger partial charge in [-0.05, 0) is 43.4 Å². The molecule has 8 heteroatoms. The van der Waals surface area contributed by atoms with Crippen LogP contribution in [0.15, 0.2) is 28.0 Å². The number of carbonyl (C=O) groups excluding carboxylic acids is 1. The van der Waals surface area contributed by atoms with Crippen molar-refractivity contribution < 1.29 is 4.79 Å². The number of nitrogens with one attached hydrogen (secondary N) is 1. The summed E-state index contributed by atoms with van der Waals surface area (Å²) in [6.45, 7) is 9.64. The van der Waals surface area contributed by atoms with Gasteiger partial charge in [0.05, 0.1) is 10.5 Å². The van der Waals surface area contributed by atoms with E-state index in [4.69, 9.17) is 17.2 Å². The van der Waals surface area contributed by atoms with E-state index in [1.54, 1.807) is 17.2 Å². The van der Waals surface area contributed by atoms with E-state index in [9.17, 15) is 9.59 Å². The highest BCUT2D eigenvalue weighted by molar-refractivity contribution is 8.26. The lowest BCUT2D eigenvalue weighted by atomic mass is 9.99. The molecular weight excluding hydrogens is 440 g/mol. The van der Waals surface area contributed by atoms with Gasteiger partial charge in [-0.3, -0.25) is 18.9 Å². The first-order valence-corrected chi connectivity index (χ1v) is 12.6. The molecule has 172 valence electrons. The fourth-order valence-corrected chi connectivity index (χ4v) is 5.04. The third-order valence-electron chi connectivity index (χ3n) is 5.76. The number of anilines is 1. The van der Waals surface area contributed by atoms with Crippen LogP contribution in [0.2, 0.25) is 0 Å². The molecule has 1 unspecified atom stereocenters. The van der Waals surface area contributed by atoms with Gasteiger partial charge in [-0.25, -0.2) is 4.98 Å². The minimum Gasteiger partial charge on any atom is -0.369 e. The minimum absolute atomic E-state index is 0.120. The zero-order valence-electron chi connectivity index (χ0n) is 19.3. The van der Waals surface area contributed by atoms with Crippen LogP contribution in [0.1, 0.15) is 64.0 Å². The van der Waals surface area contributed by atoms with E-state index in [2.05, 4.69) is 26.1 Å². The summed E-state index contributed by atoms with van der Waals surface area (Å²) in [5.41, 5.74) is 1.72. The predicted octanol–water partition coefficient (Wildman–Crippen LogP) is 5.24. The average molecular weight is 473 g/mol. The van der Waals surface area contributed by atoms with Crippen molar-refractivity contribution in [1.82, 2.24) is 14.3 Å². The zero-order valence-corrected chi connectivity index (χ0v) is 20.9. The lowest BCUT2D eigenvalue weighted by molar-refractivity contribution is -0.122. The zero-order chi connectivity index (χ0) is 23.3. The maximum Gasteiger partial charge on any atom is 0.267 e. The number of amides is 1. The molecule has 1 aliphatic heterocycles. The second kappa shape index (κ2) is 11.1.